The molecular weight excluding hydrogens is 601 g/mol. The molecule has 0 saturated heterocycles. The average Bonchev–Trinajstić information content (AvgIpc) is 3.55. The van der Waals surface area contributed by atoms with Gasteiger partial charge in [0.1, 0.15) is 0 Å². The molecule has 0 radical (unpaired) electrons. The predicted molar refractivity (Wildman–Crippen MR) is 208 cm³/mol. The summed E-state index contributed by atoms with van der Waals surface area (Å²) < 4.78 is 2.58. The number of allylic oxidation sites excluding steroid dienone is 6. The molecular formula is C45H34N2S. The minimum Gasteiger partial charge on any atom is -0.253 e. The van der Waals surface area contributed by atoms with Gasteiger partial charge < -0.3 is 0 Å². The molecule has 1 aliphatic rings. The number of hydrogen-bond donors (Lipinski definition) is 0. The lowest BCUT2D eigenvalue weighted by molar-refractivity contribution is 0.873. The van der Waals surface area contributed by atoms with Crippen LogP contribution in [0.4, 0.5) is 0 Å². The molecule has 1 atom stereocenters. The molecule has 0 spiro atoms. The first-order valence-corrected chi connectivity index (χ1v) is 17.2. The van der Waals surface area contributed by atoms with Crippen LogP contribution in [0.5, 0.6) is 0 Å². The molecule has 2 aromatic heterocycles. The van der Waals surface area contributed by atoms with Crippen molar-refractivity contribution in [2.75, 3.05) is 0 Å². The van der Waals surface area contributed by atoms with Crippen molar-refractivity contribution < 1.29 is 0 Å². The molecule has 230 valence electrons. The molecule has 1 unspecified atom stereocenters. The van der Waals surface area contributed by atoms with Gasteiger partial charge in [0.2, 0.25) is 0 Å². The summed E-state index contributed by atoms with van der Waals surface area (Å²) in [5.74, 6) is 0.216. The van der Waals surface area contributed by atoms with E-state index < -0.39 is 0 Å². The molecule has 48 heavy (non-hydrogen) atoms. The van der Waals surface area contributed by atoms with Crippen molar-refractivity contribution in [3.8, 4) is 22.4 Å². The zero-order valence-corrected chi connectivity index (χ0v) is 27.6. The second-order valence-corrected chi connectivity index (χ2v) is 13.3. The molecule has 0 fully saturated rings. The molecule has 8 rings (SSSR count). The normalized spacial score (nSPS) is 15.1. The van der Waals surface area contributed by atoms with Crippen LogP contribution in [0.1, 0.15) is 24.5 Å². The van der Waals surface area contributed by atoms with Crippen molar-refractivity contribution in [2.45, 2.75) is 13.3 Å². The summed E-state index contributed by atoms with van der Waals surface area (Å²) >= 11 is 1.85. The molecule has 5 aromatic carbocycles. The van der Waals surface area contributed by atoms with E-state index in [0.29, 0.717) is 0 Å². The first kappa shape index (κ1) is 29.7. The lowest BCUT2D eigenvalue weighted by Gasteiger charge is -2.16. The first-order chi connectivity index (χ1) is 23.6. The zero-order valence-electron chi connectivity index (χ0n) is 26.8. The van der Waals surface area contributed by atoms with Crippen LogP contribution in [0, 0.1) is 5.92 Å². The van der Waals surface area contributed by atoms with Crippen LogP contribution in [0.25, 0.3) is 64.7 Å². The standard InChI is InChI=1S/C45H34N2S/c1-30(32-13-5-3-6-14-32)29-41(36-15-7-4-8-16-36)46-31(2)33-21-23-34(24-22-33)35-25-27-37(28-26-35)44-43-39-18-10-12-20-42(39)48-45(43)38-17-9-11-19-40(38)47-44/h3-15,17-29,36H,2,16H2,1H3/b30-29+,46-41?. The highest BCUT2D eigenvalue weighted by Gasteiger charge is 2.17. The highest BCUT2D eigenvalue weighted by atomic mass is 32.1. The van der Waals surface area contributed by atoms with Crippen LogP contribution in [0.3, 0.4) is 0 Å². The van der Waals surface area contributed by atoms with Gasteiger partial charge in [0.25, 0.3) is 0 Å². The van der Waals surface area contributed by atoms with Gasteiger partial charge in [0.15, 0.2) is 0 Å². The summed E-state index contributed by atoms with van der Waals surface area (Å²) in [6.45, 7) is 6.54. The van der Waals surface area contributed by atoms with Gasteiger partial charge in [-0.3, -0.25) is 4.99 Å². The van der Waals surface area contributed by atoms with Crippen LogP contribution >= 0.6 is 11.3 Å². The second kappa shape index (κ2) is 12.9. The fourth-order valence-electron chi connectivity index (χ4n) is 6.54. The lowest BCUT2D eigenvalue weighted by atomic mass is 9.92. The number of benzene rings is 5. The number of para-hydroxylation sites is 1. The number of nitrogens with zero attached hydrogens (tertiary/aromatic N) is 2. The Kier molecular flexibility index (Phi) is 7.97. The lowest BCUT2D eigenvalue weighted by Crippen LogP contribution is -2.11. The van der Waals surface area contributed by atoms with Crippen molar-refractivity contribution in [2.24, 2.45) is 10.9 Å². The summed E-state index contributed by atoms with van der Waals surface area (Å²) in [4.78, 5) is 10.3. The number of thiophene rings is 1. The van der Waals surface area contributed by atoms with Gasteiger partial charge in [0, 0.05) is 42.8 Å². The maximum absolute atomic E-state index is 5.19. The third-order valence-corrected chi connectivity index (χ3v) is 10.3. The van der Waals surface area contributed by atoms with E-state index in [9.17, 15) is 0 Å². The smallest absolute Gasteiger partial charge is 0.0802 e. The number of pyridine rings is 1. The molecule has 0 saturated carbocycles. The average molecular weight is 635 g/mol. The summed E-state index contributed by atoms with van der Waals surface area (Å²) in [5, 5.41) is 3.71. The van der Waals surface area contributed by atoms with Crippen LogP contribution in [-0.4, -0.2) is 10.7 Å². The zero-order chi connectivity index (χ0) is 32.5. The van der Waals surface area contributed by atoms with Gasteiger partial charge in [-0.1, -0.05) is 146 Å². The monoisotopic (exact) mass is 634 g/mol. The fraction of sp³-hybridized carbons (Fsp3) is 0.0667. The van der Waals surface area contributed by atoms with Gasteiger partial charge in [-0.25, -0.2) is 4.98 Å². The Bertz CT molecular complexity index is 2420. The van der Waals surface area contributed by atoms with Gasteiger partial charge in [-0.2, -0.15) is 0 Å². The van der Waals surface area contributed by atoms with E-state index in [1.807, 2.05) is 17.4 Å². The minimum absolute atomic E-state index is 0.216. The molecule has 0 N–H and O–H groups in total. The Morgan fingerprint density at radius 1 is 0.729 bits per heavy atom. The van der Waals surface area contributed by atoms with Crippen LogP contribution in [-0.2, 0) is 0 Å². The maximum atomic E-state index is 5.19. The van der Waals surface area contributed by atoms with E-state index in [-0.39, 0.29) is 5.92 Å². The van der Waals surface area contributed by atoms with E-state index in [1.165, 1.54) is 36.7 Å². The van der Waals surface area contributed by atoms with E-state index in [2.05, 4.69) is 165 Å². The third kappa shape index (κ3) is 5.74. The van der Waals surface area contributed by atoms with E-state index in [0.717, 1.165) is 51.3 Å². The molecule has 0 amide bonds. The molecule has 0 aliphatic heterocycles. The Hall–Kier alpha value is -5.64. The molecule has 2 heterocycles. The van der Waals surface area contributed by atoms with Crippen molar-refractivity contribution in [1.29, 1.82) is 0 Å². The molecule has 7 aromatic rings. The second-order valence-electron chi connectivity index (χ2n) is 12.3. The molecule has 2 nitrogen and oxygen atoms in total. The largest absolute Gasteiger partial charge is 0.253 e. The Morgan fingerprint density at radius 3 is 2.15 bits per heavy atom. The summed E-state index contributed by atoms with van der Waals surface area (Å²) in [7, 11) is 0. The molecule has 0 bridgehead atoms. The summed E-state index contributed by atoms with van der Waals surface area (Å²) in [6, 6.07) is 45.0. The summed E-state index contributed by atoms with van der Waals surface area (Å²) in [6.07, 6.45) is 11.8. The van der Waals surface area contributed by atoms with Crippen molar-refractivity contribution in [3.05, 3.63) is 175 Å². The van der Waals surface area contributed by atoms with Crippen LogP contribution in [0.2, 0.25) is 0 Å². The first-order valence-electron chi connectivity index (χ1n) is 16.4. The number of hydrogen-bond acceptors (Lipinski definition) is 3. The Labute approximate surface area is 285 Å². The van der Waals surface area contributed by atoms with Crippen molar-refractivity contribution in [3.63, 3.8) is 0 Å². The number of aromatic nitrogens is 1. The third-order valence-electron chi connectivity index (χ3n) is 9.14. The molecule has 3 heteroatoms. The topological polar surface area (TPSA) is 25.2 Å². The van der Waals surface area contributed by atoms with Crippen molar-refractivity contribution in [1.82, 2.24) is 4.98 Å². The van der Waals surface area contributed by atoms with Crippen LogP contribution < -0.4 is 0 Å². The van der Waals surface area contributed by atoms with Gasteiger partial charge in [-0.15, -0.1) is 11.3 Å². The van der Waals surface area contributed by atoms with Gasteiger partial charge >= 0.3 is 0 Å². The number of fused-ring (bicyclic) bond motifs is 5. The minimum atomic E-state index is 0.216. The molecule has 1 aliphatic carbocycles. The SMILES string of the molecule is C=C(N=C(/C=C(\C)c1ccccc1)C1C=CC=CC1)c1ccc(-c2ccc(-c3nc4ccccc4c4sc5ccccc5c34)cc2)cc1. The predicted octanol–water partition coefficient (Wildman–Crippen LogP) is 12.6. The van der Waals surface area contributed by atoms with E-state index in [1.54, 1.807) is 0 Å². The Balaban J connectivity index is 1.09. The van der Waals surface area contributed by atoms with E-state index in [4.69, 9.17) is 9.98 Å². The number of rotatable bonds is 7. The fourth-order valence-corrected chi connectivity index (χ4v) is 7.78. The number of aliphatic imine (C=N–C) groups is 1. The van der Waals surface area contributed by atoms with Crippen molar-refractivity contribution >= 4 is 59.4 Å². The maximum Gasteiger partial charge on any atom is 0.0802 e. The Morgan fingerprint density at radius 2 is 1.40 bits per heavy atom. The summed E-state index contributed by atoms with van der Waals surface area (Å²) in [5.41, 5.74) is 10.7. The quantitative estimate of drug-likeness (QED) is 0.160. The van der Waals surface area contributed by atoms with Gasteiger partial charge in [-0.05, 0) is 59.4 Å². The van der Waals surface area contributed by atoms with E-state index >= 15 is 0 Å². The van der Waals surface area contributed by atoms with Gasteiger partial charge in [0.05, 0.1) is 16.9 Å². The highest BCUT2D eigenvalue weighted by molar-refractivity contribution is 7.26. The highest BCUT2D eigenvalue weighted by Crippen LogP contribution is 2.42. The van der Waals surface area contributed by atoms with Crippen LogP contribution in [0.15, 0.2) is 169 Å².